The van der Waals surface area contributed by atoms with E-state index in [-0.39, 0.29) is 17.6 Å². The van der Waals surface area contributed by atoms with Crippen LogP contribution >= 0.6 is 0 Å². The van der Waals surface area contributed by atoms with Crippen molar-refractivity contribution in [1.82, 2.24) is 19.9 Å². The molecule has 3 heterocycles. The number of hydrogen-bond acceptors (Lipinski definition) is 5. The van der Waals surface area contributed by atoms with Gasteiger partial charge in [0.05, 0.1) is 5.69 Å². The van der Waals surface area contributed by atoms with E-state index in [1.54, 1.807) is 31.5 Å². The quantitative estimate of drug-likeness (QED) is 0.638. The molecule has 0 saturated carbocycles. The molecular formula is C24H26FN5O. The van der Waals surface area contributed by atoms with E-state index in [4.69, 9.17) is 4.98 Å². The molecule has 0 N–H and O–H groups in total. The van der Waals surface area contributed by atoms with E-state index in [1.807, 2.05) is 42.1 Å². The van der Waals surface area contributed by atoms with E-state index in [2.05, 4.69) is 9.97 Å². The Kier molecular flexibility index (Phi) is 5.93. The molecule has 0 bridgehead atoms. The number of rotatable bonds is 4. The van der Waals surface area contributed by atoms with Crippen LogP contribution in [0.15, 0.2) is 48.8 Å². The van der Waals surface area contributed by atoms with Crippen molar-refractivity contribution in [3.05, 3.63) is 71.4 Å². The van der Waals surface area contributed by atoms with Gasteiger partial charge in [-0.15, -0.1) is 0 Å². The summed E-state index contributed by atoms with van der Waals surface area (Å²) >= 11 is 0. The molecule has 0 aliphatic carbocycles. The number of halogens is 1. The van der Waals surface area contributed by atoms with Crippen molar-refractivity contribution >= 4 is 11.7 Å². The molecule has 1 aliphatic heterocycles. The second-order valence-corrected chi connectivity index (χ2v) is 8.16. The van der Waals surface area contributed by atoms with E-state index in [1.165, 1.54) is 6.07 Å². The number of carbonyl (C=O) groups is 1. The van der Waals surface area contributed by atoms with Crippen molar-refractivity contribution in [1.29, 1.82) is 0 Å². The molecule has 0 radical (unpaired) electrons. The molecule has 1 aromatic carbocycles. The Hall–Kier alpha value is -3.35. The number of pyridine rings is 1. The van der Waals surface area contributed by atoms with Crippen LogP contribution in [0.5, 0.6) is 0 Å². The highest BCUT2D eigenvalue weighted by Crippen LogP contribution is 2.30. The molecule has 6 nitrogen and oxygen atoms in total. The third-order valence-electron chi connectivity index (χ3n) is 5.67. The maximum absolute atomic E-state index is 14.0. The van der Waals surface area contributed by atoms with Crippen LogP contribution in [0.4, 0.5) is 10.2 Å². The molecule has 1 atom stereocenters. The Morgan fingerprint density at radius 3 is 2.61 bits per heavy atom. The summed E-state index contributed by atoms with van der Waals surface area (Å²) in [6.07, 6.45) is 5.26. The molecule has 160 valence electrons. The van der Waals surface area contributed by atoms with Crippen LogP contribution < -0.4 is 4.90 Å². The van der Waals surface area contributed by atoms with E-state index in [0.717, 1.165) is 29.9 Å². The third kappa shape index (κ3) is 4.55. The van der Waals surface area contributed by atoms with Gasteiger partial charge in [-0.25, -0.2) is 14.4 Å². The zero-order valence-electron chi connectivity index (χ0n) is 18.0. The second kappa shape index (κ2) is 8.79. The average Bonchev–Trinajstić information content (AvgIpc) is 2.80. The highest BCUT2D eigenvalue weighted by molar-refractivity contribution is 5.94. The number of carbonyl (C=O) groups excluding carboxylic acids is 1. The summed E-state index contributed by atoms with van der Waals surface area (Å²) in [6, 6.07) is 10.5. The Labute approximate surface area is 181 Å². The van der Waals surface area contributed by atoms with E-state index >= 15 is 0 Å². The van der Waals surface area contributed by atoms with Gasteiger partial charge in [0.15, 0.2) is 5.82 Å². The molecule has 3 aromatic rings. The van der Waals surface area contributed by atoms with Gasteiger partial charge in [-0.3, -0.25) is 9.78 Å². The van der Waals surface area contributed by atoms with Crippen LogP contribution in [0.25, 0.3) is 11.4 Å². The Bertz CT molecular complexity index is 1090. The number of benzene rings is 1. The van der Waals surface area contributed by atoms with Gasteiger partial charge in [-0.05, 0) is 49.6 Å². The van der Waals surface area contributed by atoms with Gasteiger partial charge >= 0.3 is 0 Å². The van der Waals surface area contributed by atoms with Crippen molar-refractivity contribution < 1.29 is 9.18 Å². The summed E-state index contributed by atoms with van der Waals surface area (Å²) in [4.78, 5) is 30.4. The molecule has 1 fully saturated rings. The molecule has 2 aromatic heterocycles. The minimum Gasteiger partial charge on any atom is -0.363 e. The Balaban J connectivity index is 1.62. The molecule has 31 heavy (non-hydrogen) atoms. The summed E-state index contributed by atoms with van der Waals surface area (Å²) in [5.41, 5.74) is 2.74. The first-order valence-electron chi connectivity index (χ1n) is 10.4. The smallest absolute Gasteiger partial charge is 0.253 e. The summed E-state index contributed by atoms with van der Waals surface area (Å²) < 4.78 is 14.0. The number of likely N-dealkylation sites (tertiary alicyclic amines) is 1. The highest BCUT2D eigenvalue weighted by Gasteiger charge is 2.27. The number of piperidine rings is 1. The predicted molar refractivity (Wildman–Crippen MR) is 119 cm³/mol. The molecule has 1 saturated heterocycles. The van der Waals surface area contributed by atoms with Crippen LogP contribution in [0.2, 0.25) is 0 Å². The van der Waals surface area contributed by atoms with Crippen molar-refractivity contribution in [2.45, 2.75) is 25.7 Å². The summed E-state index contributed by atoms with van der Waals surface area (Å²) in [5, 5.41) is 0. The van der Waals surface area contributed by atoms with Crippen molar-refractivity contribution in [2.75, 3.05) is 32.1 Å². The molecule has 0 spiro atoms. The topological polar surface area (TPSA) is 62.2 Å². The molecule has 7 heteroatoms. The van der Waals surface area contributed by atoms with E-state index in [9.17, 15) is 9.18 Å². The number of anilines is 1. The van der Waals surface area contributed by atoms with Gasteiger partial charge in [0.1, 0.15) is 11.6 Å². The van der Waals surface area contributed by atoms with Gasteiger partial charge in [-0.2, -0.15) is 0 Å². The van der Waals surface area contributed by atoms with Crippen molar-refractivity contribution in [3.8, 4) is 11.4 Å². The standard InChI is InChI=1S/C24H26FN5O/c1-16-6-7-18(13-20(16)25)24(31)30-12-4-5-19(15-30)21-14-22(29(2)3)28-23(27-21)17-8-10-26-11-9-17/h6-11,13-14,19H,4-5,12,15H2,1-3H3. The summed E-state index contributed by atoms with van der Waals surface area (Å²) in [7, 11) is 3.90. The average molecular weight is 420 g/mol. The minimum atomic E-state index is -0.354. The first kappa shape index (κ1) is 20.9. The first-order chi connectivity index (χ1) is 14.9. The molecule has 1 aliphatic rings. The number of hydrogen-bond donors (Lipinski definition) is 0. The molecule has 4 rings (SSSR count). The lowest BCUT2D eigenvalue weighted by Crippen LogP contribution is -2.39. The largest absolute Gasteiger partial charge is 0.363 e. The SMILES string of the molecule is Cc1ccc(C(=O)N2CCCC(c3cc(N(C)C)nc(-c4ccncc4)n3)C2)cc1F. The predicted octanol–water partition coefficient (Wildman–Crippen LogP) is 4.07. The van der Waals surface area contributed by atoms with E-state index < -0.39 is 0 Å². The van der Waals surface area contributed by atoms with Gasteiger partial charge < -0.3 is 9.80 Å². The second-order valence-electron chi connectivity index (χ2n) is 8.16. The molecular weight excluding hydrogens is 393 g/mol. The van der Waals surface area contributed by atoms with Gasteiger partial charge in [0.2, 0.25) is 0 Å². The summed E-state index contributed by atoms with van der Waals surface area (Å²) in [6.45, 7) is 2.90. The fourth-order valence-electron chi connectivity index (χ4n) is 3.83. The Morgan fingerprint density at radius 2 is 1.90 bits per heavy atom. The van der Waals surface area contributed by atoms with Crippen LogP contribution in [-0.2, 0) is 0 Å². The maximum atomic E-state index is 14.0. The number of amides is 1. The zero-order chi connectivity index (χ0) is 22.0. The van der Waals surface area contributed by atoms with Crippen LogP contribution in [-0.4, -0.2) is 52.9 Å². The lowest BCUT2D eigenvalue weighted by atomic mass is 9.93. The number of nitrogens with zero attached hydrogens (tertiary/aromatic N) is 5. The Morgan fingerprint density at radius 1 is 1.13 bits per heavy atom. The van der Waals surface area contributed by atoms with Crippen molar-refractivity contribution in [3.63, 3.8) is 0 Å². The molecule has 1 amide bonds. The fourth-order valence-corrected chi connectivity index (χ4v) is 3.83. The summed E-state index contributed by atoms with van der Waals surface area (Å²) in [5.74, 6) is 1.07. The number of aryl methyl sites for hydroxylation is 1. The number of aromatic nitrogens is 3. The zero-order valence-corrected chi connectivity index (χ0v) is 18.0. The first-order valence-corrected chi connectivity index (χ1v) is 10.4. The van der Waals surface area contributed by atoms with Crippen LogP contribution in [0, 0.1) is 12.7 Å². The van der Waals surface area contributed by atoms with Crippen LogP contribution in [0.1, 0.15) is 40.4 Å². The lowest BCUT2D eigenvalue weighted by Gasteiger charge is -2.33. The fraction of sp³-hybridized carbons (Fsp3) is 0.333. The normalized spacial score (nSPS) is 16.3. The van der Waals surface area contributed by atoms with E-state index in [0.29, 0.717) is 30.0 Å². The highest BCUT2D eigenvalue weighted by atomic mass is 19.1. The molecule has 1 unspecified atom stereocenters. The third-order valence-corrected chi connectivity index (χ3v) is 5.67. The monoisotopic (exact) mass is 419 g/mol. The van der Waals surface area contributed by atoms with Gasteiger partial charge in [0.25, 0.3) is 5.91 Å². The lowest BCUT2D eigenvalue weighted by molar-refractivity contribution is 0.0705. The van der Waals surface area contributed by atoms with Crippen LogP contribution in [0.3, 0.4) is 0 Å². The van der Waals surface area contributed by atoms with Gasteiger partial charge in [0, 0.05) is 62.7 Å². The van der Waals surface area contributed by atoms with Crippen molar-refractivity contribution in [2.24, 2.45) is 0 Å². The minimum absolute atomic E-state index is 0.0929. The van der Waals surface area contributed by atoms with Gasteiger partial charge in [-0.1, -0.05) is 6.07 Å². The maximum Gasteiger partial charge on any atom is 0.253 e.